The van der Waals surface area contributed by atoms with Crippen LogP contribution < -0.4 is 9.47 Å². The molecule has 170 valence electrons. The molecule has 6 rings (SSSR count). The van der Waals surface area contributed by atoms with Gasteiger partial charge in [0.15, 0.2) is 11.5 Å². The Balaban J connectivity index is 1.44. The third-order valence-electron chi connectivity index (χ3n) is 6.56. The van der Waals surface area contributed by atoms with E-state index < -0.39 is 5.97 Å². The first-order valence-electron chi connectivity index (χ1n) is 11.1. The fourth-order valence-electron chi connectivity index (χ4n) is 4.92. The number of rotatable bonds is 3. The smallest absolute Gasteiger partial charge is 0.337 e. The van der Waals surface area contributed by atoms with Crippen molar-refractivity contribution in [1.82, 2.24) is 9.88 Å². The maximum Gasteiger partial charge on any atom is 0.337 e. The second-order valence-electron chi connectivity index (χ2n) is 8.40. The van der Waals surface area contributed by atoms with Crippen molar-refractivity contribution < 1.29 is 23.8 Å². The first-order chi connectivity index (χ1) is 16.6. The molecule has 7 nitrogen and oxygen atoms in total. The predicted molar refractivity (Wildman–Crippen MR) is 125 cm³/mol. The van der Waals surface area contributed by atoms with Crippen LogP contribution in [0.15, 0.2) is 66.7 Å². The van der Waals surface area contributed by atoms with Gasteiger partial charge in [0.1, 0.15) is 0 Å². The number of methoxy groups -OCH3 is 1. The van der Waals surface area contributed by atoms with Gasteiger partial charge in [0.05, 0.1) is 18.7 Å². The molecule has 0 spiro atoms. The van der Waals surface area contributed by atoms with Crippen LogP contribution in [0.2, 0.25) is 0 Å². The number of aromatic nitrogens is 1. The summed E-state index contributed by atoms with van der Waals surface area (Å²) in [5, 5.41) is 1.18. The fraction of sp³-hybridized carbons (Fsp3) is 0.185. The first kappa shape index (κ1) is 20.4. The molecule has 2 aliphatic heterocycles. The Kier molecular flexibility index (Phi) is 4.76. The highest BCUT2D eigenvalue weighted by atomic mass is 16.7. The molecule has 0 saturated heterocycles. The van der Waals surface area contributed by atoms with Crippen LogP contribution in [0.25, 0.3) is 10.9 Å². The lowest BCUT2D eigenvalue weighted by atomic mass is 9.91. The minimum absolute atomic E-state index is 0.108. The Morgan fingerprint density at radius 3 is 2.56 bits per heavy atom. The summed E-state index contributed by atoms with van der Waals surface area (Å²) in [6.45, 7) is 0.752. The molecule has 2 aliphatic rings. The fourth-order valence-corrected chi connectivity index (χ4v) is 4.92. The van der Waals surface area contributed by atoms with Gasteiger partial charge >= 0.3 is 5.97 Å². The normalized spacial score (nSPS) is 16.4. The monoisotopic (exact) mass is 454 g/mol. The molecule has 1 unspecified atom stereocenters. The average molecular weight is 454 g/mol. The van der Waals surface area contributed by atoms with Gasteiger partial charge in [-0.3, -0.25) is 4.79 Å². The second kappa shape index (κ2) is 7.95. The minimum Gasteiger partial charge on any atom is -0.465 e. The Hall–Kier alpha value is -4.26. The van der Waals surface area contributed by atoms with Crippen molar-refractivity contribution in [3.05, 3.63) is 94.7 Å². The number of hydrogen-bond acceptors (Lipinski definition) is 5. The quantitative estimate of drug-likeness (QED) is 0.462. The summed E-state index contributed by atoms with van der Waals surface area (Å²) in [4.78, 5) is 31.0. The van der Waals surface area contributed by atoms with Gasteiger partial charge in [0, 0.05) is 28.7 Å². The lowest BCUT2D eigenvalue weighted by molar-refractivity contribution is 0.0599. The molecule has 1 aromatic heterocycles. The van der Waals surface area contributed by atoms with Crippen molar-refractivity contribution in [2.75, 3.05) is 20.4 Å². The predicted octanol–water partition coefficient (Wildman–Crippen LogP) is 4.47. The van der Waals surface area contributed by atoms with Gasteiger partial charge in [-0.1, -0.05) is 24.3 Å². The third kappa shape index (κ3) is 3.20. The number of carbonyl (C=O) groups excluding carboxylic acids is 2. The molecule has 0 saturated carbocycles. The molecule has 0 fully saturated rings. The van der Waals surface area contributed by atoms with E-state index in [9.17, 15) is 9.59 Å². The molecule has 0 radical (unpaired) electrons. The third-order valence-corrected chi connectivity index (χ3v) is 6.56. The first-order valence-corrected chi connectivity index (χ1v) is 11.1. The highest BCUT2D eigenvalue weighted by molar-refractivity contribution is 5.97. The number of carbonyl (C=O) groups is 2. The number of fused-ring (bicyclic) bond motifs is 4. The molecular formula is C27H22N2O5. The minimum atomic E-state index is -0.432. The van der Waals surface area contributed by atoms with Crippen LogP contribution in [0.3, 0.4) is 0 Å². The zero-order valence-corrected chi connectivity index (χ0v) is 18.5. The second-order valence-corrected chi connectivity index (χ2v) is 8.40. The average Bonchev–Trinajstić information content (AvgIpc) is 3.51. The summed E-state index contributed by atoms with van der Waals surface area (Å²) in [5.74, 6) is 0.838. The zero-order chi connectivity index (χ0) is 23.2. The topological polar surface area (TPSA) is 80.9 Å². The van der Waals surface area contributed by atoms with Gasteiger partial charge in [-0.15, -0.1) is 0 Å². The summed E-state index contributed by atoms with van der Waals surface area (Å²) in [7, 11) is 1.34. The van der Waals surface area contributed by atoms with Gasteiger partial charge in [-0.25, -0.2) is 4.79 Å². The van der Waals surface area contributed by atoms with E-state index in [1.165, 1.54) is 18.1 Å². The maximum atomic E-state index is 13.7. The van der Waals surface area contributed by atoms with Crippen molar-refractivity contribution in [1.29, 1.82) is 0 Å². The molecule has 1 atom stereocenters. The van der Waals surface area contributed by atoms with Crippen LogP contribution in [-0.4, -0.2) is 42.2 Å². The number of para-hydroxylation sites is 1. The molecule has 1 N–H and O–H groups in total. The van der Waals surface area contributed by atoms with Crippen LogP contribution in [0.4, 0.5) is 0 Å². The summed E-state index contributed by atoms with van der Waals surface area (Å²) in [6.07, 6.45) is 0.742. The molecule has 3 aromatic carbocycles. The van der Waals surface area contributed by atoms with Crippen LogP contribution >= 0.6 is 0 Å². The van der Waals surface area contributed by atoms with E-state index in [0.717, 1.165) is 23.2 Å². The molecule has 0 aliphatic carbocycles. The standard InChI is InChI=1S/C27H22N2O5/c1-32-27(31)17-8-6-16(7-9-17)26(30)29-13-12-20-19-4-2-3-5-21(19)28-24(20)25(29)18-10-11-22-23(14-18)34-15-33-22/h2-11,14,25,28H,12-13,15H2,1H3. The van der Waals surface area contributed by atoms with E-state index in [-0.39, 0.29) is 18.7 Å². The van der Waals surface area contributed by atoms with Crippen molar-refractivity contribution in [2.45, 2.75) is 12.5 Å². The van der Waals surface area contributed by atoms with Gasteiger partial charge in [-0.2, -0.15) is 0 Å². The number of benzene rings is 3. The molecule has 34 heavy (non-hydrogen) atoms. The van der Waals surface area contributed by atoms with Crippen LogP contribution in [0, 0.1) is 0 Å². The zero-order valence-electron chi connectivity index (χ0n) is 18.5. The summed E-state index contributed by atoms with van der Waals surface area (Å²) >= 11 is 0. The Morgan fingerprint density at radius 1 is 0.971 bits per heavy atom. The number of H-pyrrole nitrogens is 1. The van der Waals surface area contributed by atoms with Crippen LogP contribution in [0.1, 0.15) is 43.6 Å². The molecule has 0 bridgehead atoms. The Morgan fingerprint density at radius 2 is 1.74 bits per heavy atom. The number of ether oxygens (including phenoxy) is 3. The van der Waals surface area contributed by atoms with Gasteiger partial charge in [0.25, 0.3) is 5.91 Å². The van der Waals surface area contributed by atoms with Crippen LogP contribution in [0.5, 0.6) is 11.5 Å². The van der Waals surface area contributed by atoms with Crippen molar-refractivity contribution in [3.8, 4) is 11.5 Å². The Bertz CT molecular complexity index is 1420. The summed E-state index contributed by atoms with van der Waals surface area (Å²) in [5.41, 5.74) is 5.14. The van der Waals surface area contributed by atoms with Crippen LogP contribution in [-0.2, 0) is 11.2 Å². The van der Waals surface area contributed by atoms with E-state index in [1.807, 2.05) is 35.2 Å². The highest BCUT2D eigenvalue weighted by Gasteiger charge is 2.35. The largest absolute Gasteiger partial charge is 0.465 e. The molecule has 4 aromatic rings. The number of aromatic amines is 1. The van der Waals surface area contributed by atoms with Crippen molar-refractivity contribution >= 4 is 22.8 Å². The van der Waals surface area contributed by atoms with Gasteiger partial charge in [-0.05, 0) is 60.0 Å². The van der Waals surface area contributed by atoms with E-state index in [4.69, 9.17) is 14.2 Å². The van der Waals surface area contributed by atoms with E-state index in [0.29, 0.717) is 29.2 Å². The van der Waals surface area contributed by atoms with E-state index >= 15 is 0 Å². The number of nitrogens with one attached hydrogen (secondary N) is 1. The lowest BCUT2D eigenvalue weighted by Gasteiger charge is -2.36. The van der Waals surface area contributed by atoms with Gasteiger partial charge in [0.2, 0.25) is 6.79 Å². The highest BCUT2D eigenvalue weighted by Crippen LogP contribution is 2.42. The molecular weight excluding hydrogens is 432 g/mol. The summed E-state index contributed by atoms with van der Waals surface area (Å²) < 4.78 is 15.9. The van der Waals surface area contributed by atoms with E-state index in [1.54, 1.807) is 24.3 Å². The summed E-state index contributed by atoms with van der Waals surface area (Å²) in [6, 6.07) is 20.3. The Labute approximate surface area is 195 Å². The van der Waals surface area contributed by atoms with Crippen molar-refractivity contribution in [2.24, 2.45) is 0 Å². The number of hydrogen-bond donors (Lipinski definition) is 1. The lowest BCUT2D eigenvalue weighted by Crippen LogP contribution is -2.40. The maximum absolute atomic E-state index is 13.7. The molecule has 1 amide bonds. The number of nitrogens with zero attached hydrogens (tertiary/aromatic N) is 1. The SMILES string of the molecule is COC(=O)c1ccc(C(=O)N2CCc3c([nH]c4ccccc34)C2c2ccc3c(c2)OCO3)cc1. The number of esters is 1. The molecule has 7 heteroatoms. The molecule has 3 heterocycles. The number of amides is 1. The van der Waals surface area contributed by atoms with E-state index in [2.05, 4.69) is 17.1 Å². The van der Waals surface area contributed by atoms with Gasteiger partial charge < -0.3 is 24.1 Å². The van der Waals surface area contributed by atoms with Crippen molar-refractivity contribution in [3.63, 3.8) is 0 Å².